The highest BCUT2D eigenvalue weighted by Crippen LogP contribution is 2.10. The van der Waals surface area contributed by atoms with Crippen LogP contribution in [0.4, 0.5) is 0 Å². The molecule has 1 amide bonds. The molecule has 0 fully saturated rings. The van der Waals surface area contributed by atoms with E-state index >= 15 is 0 Å². The number of nitrogens with one attached hydrogen (secondary N) is 1. The molecule has 1 unspecified atom stereocenters. The lowest BCUT2D eigenvalue weighted by molar-refractivity contribution is -0.149. The molecule has 0 radical (unpaired) electrons. The maximum absolute atomic E-state index is 11.9. The number of rotatable bonds is 6. The summed E-state index contributed by atoms with van der Waals surface area (Å²) in [6, 6.07) is 7.50. The number of carbonyl (C=O) groups is 2. The summed E-state index contributed by atoms with van der Waals surface area (Å²) in [6.07, 6.45) is 0.152. The van der Waals surface area contributed by atoms with Crippen molar-refractivity contribution >= 4 is 11.9 Å². The first-order valence-corrected chi connectivity index (χ1v) is 5.97. The minimum Gasteiger partial charge on any atom is -0.479 e. The molecule has 0 heterocycles. The second-order valence-electron chi connectivity index (χ2n) is 4.72. The standard InChI is InChI=1S/C14H19NO4/c1-10-6-4-5-7-11(10)8-12(16)15-14(2,9-19-3)13(17)18/h4-7H,8-9H2,1-3H3,(H,15,16)(H,17,18). The first-order chi connectivity index (χ1) is 8.89. The third-order valence-electron chi connectivity index (χ3n) is 2.93. The Labute approximate surface area is 112 Å². The fourth-order valence-electron chi connectivity index (χ4n) is 1.77. The van der Waals surface area contributed by atoms with Crippen LogP contribution in [-0.4, -0.2) is 36.2 Å². The predicted molar refractivity (Wildman–Crippen MR) is 70.9 cm³/mol. The van der Waals surface area contributed by atoms with Crippen molar-refractivity contribution in [2.24, 2.45) is 0 Å². The van der Waals surface area contributed by atoms with Gasteiger partial charge in [0.2, 0.25) is 5.91 Å². The van der Waals surface area contributed by atoms with Crippen molar-refractivity contribution in [3.05, 3.63) is 35.4 Å². The Morgan fingerprint density at radius 2 is 2.00 bits per heavy atom. The Balaban J connectivity index is 2.74. The van der Waals surface area contributed by atoms with E-state index in [1.54, 1.807) is 0 Å². The lowest BCUT2D eigenvalue weighted by atomic mass is 10.0. The largest absolute Gasteiger partial charge is 0.479 e. The number of amides is 1. The van der Waals surface area contributed by atoms with Gasteiger partial charge in [-0.1, -0.05) is 24.3 Å². The zero-order valence-corrected chi connectivity index (χ0v) is 11.4. The average Bonchev–Trinajstić information content (AvgIpc) is 2.32. The van der Waals surface area contributed by atoms with E-state index in [0.717, 1.165) is 11.1 Å². The van der Waals surface area contributed by atoms with Crippen molar-refractivity contribution in [3.8, 4) is 0 Å². The Hall–Kier alpha value is -1.88. The molecular weight excluding hydrogens is 246 g/mol. The van der Waals surface area contributed by atoms with Gasteiger partial charge >= 0.3 is 5.97 Å². The van der Waals surface area contributed by atoms with Crippen molar-refractivity contribution in [2.75, 3.05) is 13.7 Å². The molecule has 0 aliphatic rings. The number of aryl methyl sites for hydroxylation is 1. The number of carboxylic acids is 1. The summed E-state index contributed by atoms with van der Waals surface area (Å²) in [5.41, 5.74) is 0.473. The van der Waals surface area contributed by atoms with E-state index in [-0.39, 0.29) is 18.9 Å². The minimum absolute atomic E-state index is 0.0815. The van der Waals surface area contributed by atoms with E-state index < -0.39 is 11.5 Å². The smallest absolute Gasteiger partial charge is 0.331 e. The molecular formula is C14H19NO4. The van der Waals surface area contributed by atoms with Gasteiger partial charge in [0.1, 0.15) is 0 Å². The third-order valence-corrected chi connectivity index (χ3v) is 2.93. The maximum Gasteiger partial charge on any atom is 0.331 e. The molecule has 1 aromatic rings. The third kappa shape index (κ3) is 4.06. The monoisotopic (exact) mass is 265 g/mol. The van der Waals surface area contributed by atoms with Gasteiger partial charge in [0.05, 0.1) is 13.0 Å². The van der Waals surface area contributed by atoms with Gasteiger partial charge in [0.15, 0.2) is 5.54 Å². The molecule has 104 valence electrons. The zero-order valence-electron chi connectivity index (χ0n) is 11.4. The minimum atomic E-state index is -1.41. The van der Waals surface area contributed by atoms with E-state index in [4.69, 9.17) is 9.84 Å². The molecule has 5 nitrogen and oxygen atoms in total. The summed E-state index contributed by atoms with van der Waals surface area (Å²) in [5.74, 6) is -1.45. The number of aliphatic carboxylic acids is 1. The summed E-state index contributed by atoms with van der Waals surface area (Å²) in [5, 5.41) is 11.6. The number of carboxylic acid groups (broad SMARTS) is 1. The van der Waals surface area contributed by atoms with Crippen LogP contribution in [0.5, 0.6) is 0 Å². The first kappa shape index (κ1) is 15.2. The van der Waals surface area contributed by atoms with Crippen LogP contribution in [0.25, 0.3) is 0 Å². The Morgan fingerprint density at radius 1 is 1.37 bits per heavy atom. The summed E-state index contributed by atoms with van der Waals surface area (Å²) in [6.45, 7) is 3.25. The van der Waals surface area contributed by atoms with Gasteiger partial charge in [-0.05, 0) is 25.0 Å². The average molecular weight is 265 g/mol. The molecule has 19 heavy (non-hydrogen) atoms. The van der Waals surface area contributed by atoms with Crippen LogP contribution < -0.4 is 5.32 Å². The van der Waals surface area contributed by atoms with E-state index in [0.29, 0.717) is 0 Å². The Bertz CT molecular complexity index is 472. The van der Waals surface area contributed by atoms with Crippen LogP contribution in [0.1, 0.15) is 18.1 Å². The van der Waals surface area contributed by atoms with Gasteiger partial charge in [-0.15, -0.1) is 0 Å². The Morgan fingerprint density at radius 3 is 2.53 bits per heavy atom. The Kier molecular flexibility index (Phi) is 5.06. The van der Waals surface area contributed by atoms with Crippen LogP contribution >= 0.6 is 0 Å². The van der Waals surface area contributed by atoms with Crippen molar-refractivity contribution in [1.29, 1.82) is 0 Å². The summed E-state index contributed by atoms with van der Waals surface area (Å²) in [7, 11) is 1.40. The molecule has 0 bridgehead atoms. The van der Waals surface area contributed by atoms with E-state index in [1.165, 1.54) is 14.0 Å². The van der Waals surface area contributed by atoms with E-state index in [9.17, 15) is 9.59 Å². The van der Waals surface area contributed by atoms with E-state index in [2.05, 4.69) is 5.32 Å². The molecule has 0 saturated carbocycles. The number of methoxy groups -OCH3 is 1. The molecule has 0 spiro atoms. The molecule has 1 atom stereocenters. The molecule has 1 aromatic carbocycles. The highest BCUT2D eigenvalue weighted by Gasteiger charge is 2.34. The summed E-state index contributed by atoms with van der Waals surface area (Å²) < 4.78 is 4.85. The predicted octanol–water partition coefficient (Wildman–Crippen LogP) is 1.14. The second kappa shape index (κ2) is 6.33. The SMILES string of the molecule is COCC(C)(NC(=O)Cc1ccccc1C)C(=O)O. The molecule has 2 N–H and O–H groups in total. The van der Waals surface area contributed by atoms with E-state index in [1.807, 2.05) is 31.2 Å². The van der Waals surface area contributed by atoms with Gasteiger partial charge in [-0.3, -0.25) is 4.79 Å². The fourth-order valence-corrected chi connectivity index (χ4v) is 1.77. The number of carbonyl (C=O) groups excluding carboxylic acids is 1. The van der Waals surface area contributed by atoms with Gasteiger partial charge < -0.3 is 15.2 Å². The fraction of sp³-hybridized carbons (Fsp3) is 0.429. The normalized spacial score (nSPS) is 13.6. The molecule has 0 saturated heterocycles. The number of hydrogen-bond acceptors (Lipinski definition) is 3. The maximum atomic E-state index is 11.9. The molecule has 0 aliphatic heterocycles. The van der Waals surface area contributed by atoms with Gasteiger partial charge in [0.25, 0.3) is 0 Å². The van der Waals surface area contributed by atoms with Gasteiger partial charge in [-0.2, -0.15) is 0 Å². The van der Waals surface area contributed by atoms with Crippen LogP contribution in [-0.2, 0) is 20.7 Å². The summed E-state index contributed by atoms with van der Waals surface area (Å²) >= 11 is 0. The van der Waals surface area contributed by atoms with Crippen molar-refractivity contribution in [2.45, 2.75) is 25.8 Å². The quantitative estimate of drug-likeness (QED) is 0.809. The number of ether oxygens (including phenoxy) is 1. The van der Waals surface area contributed by atoms with Crippen LogP contribution in [0, 0.1) is 6.92 Å². The molecule has 1 rings (SSSR count). The highest BCUT2D eigenvalue weighted by molar-refractivity contribution is 5.87. The van der Waals surface area contributed by atoms with Gasteiger partial charge in [-0.25, -0.2) is 4.79 Å². The molecule has 0 aromatic heterocycles. The lowest BCUT2D eigenvalue weighted by Crippen LogP contribution is -2.55. The second-order valence-corrected chi connectivity index (χ2v) is 4.72. The summed E-state index contributed by atoms with van der Waals surface area (Å²) in [4.78, 5) is 23.1. The number of hydrogen-bond donors (Lipinski definition) is 2. The molecule has 5 heteroatoms. The van der Waals surface area contributed by atoms with Crippen LogP contribution in [0.15, 0.2) is 24.3 Å². The van der Waals surface area contributed by atoms with Crippen molar-refractivity contribution < 1.29 is 19.4 Å². The van der Waals surface area contributed by atoms with Crippen LogP contribution in [0.2, 0.25) is 0 Å². The van der Waals surface area contributed by atoms with Gasteiger partial charge in [0, 0.05) is 7.11 Å². The topological polar surface area (TPSA) is 75.6 Å². The molecule has 0 aliphatic carbocycles. The van der Waals surface area contributed by atoms with Crippen molar-refractivity contribution in [1.82, 2.24) is 5.32 Å². The first-order valence-electron chi connectivity index (χ1n) is 5.97. The van der Waals surface area contributed by atoms with Crippen LogP contribution in [0.3, 0.4) is 0 Å². The highest BCUT2D eigenvalue weighted by atomic mass is 16.5. The van der Waals surface area contributed by atoms with Crippen molar-refractivity contribution in [3.63, 3.8) is 0 Å². The lowest BCUT2D eigenvalue weighted by Gasteiger charge is -2.25. The number of benzene rings is 1. The zero-order chi connectivity index (χ0) is 14.5.